The molecule has 0 N–H and O–H groups in total. The number of nitrogens with zero attached hydrogens (tertiary/aromatic N) is 2. The fraction of sp³-hybridized carbons (Fsp3) is 0.381. The van der Waals surface area contributed by atoms with Crippen LogP contribution in [-0.4, -0.2) is 60.1 Å². The van der Waals surface area contributed by atoms with Crippen molar-refractivity contribution < 1.29 is 27.4 Å². The fourth-order valence-corrected chi connectivity index (χ4v) is 6.03. The van der Waals surface area contributed by atoms with Crippen molar-refractivity contribution in [2.45, 2.75) is 16.7 Å². The number of fused-ring (bicyclic) bond motifs is 2. The number of likely N-dealkylation sites (N-methyl/N-ethyl adjacent to an activating group) is 1. The number of carbonyl (C=O) groups is 1. The third kappa shape index (κ3) is 2.84. The number of carbonyl (C=O) groups excluding carboxylic acids is 1. The van der Waals surface area contributed by atoms with Crippen molar-refractivity contribution in [2.24, 2.45) is 0 Å². The van der Waals surface area contributed by atoms with Crippen LogP contribution in [0.25, 0.3) is 0 Å². The number of anilines is 1. The Kier molecular flexibility index (Phi) is 4.90. The molecule has 2 aromatic rings. The van der Waals surface area contributed by atoms with Gasteiger partial charge in [0.1, 0.15) is 22.1 Å². The molecule has 8 nitrogen and oxygen atoms in total. The van der Waals surface area contributed by atoms with E-state index < -0.39 is 15.4 Å². The first kappa shape index (κ1) is 20.5. The molecular formula is C21H24N2O6S. The van der Waals surface area contributed by atoms with Crippen LogP contribution in [0.1, 0.15) is 12.0 Å². The first-order valence-electron chi connectivity index (χ1n) is 9.47. The minimum absolute atomic E-state index is 0.0195. The molecule has 1 atom stereocenters. The predicted molar refractivity (Wildman–Crippen MR) is 111 cm³/mol. The number of benzene rings is 2. The van der Waals surface area contributed by atoms with Crippen molar-refractivity contribution in [3.05, 3.63) is 42.0 Å². The van der Waals surface area contributed by atoms with Crippen LogP contribution in [0.15, 0.2) is 41.3 Å². The highest BCUT2D eigenvalue weighted by Gasteiger charge is 2.55. The van der Waals surface area contributed by atoms with Gasteiger partial charge in [0.15, 0.2) is 0 Å². The molecule has 0 unspecified atom stereocenters. The molecule has 4 rings (SSSR count). The third-order valence-electron chi connectivity index (χ3n) is 6.02. The van der Waals surface area contributed by atoms with Crippen molar-refractivity contribution in [3.63, 3.8) is 0 Å². The number of ether oxygens (including phenoxy) is 3. The molecule has 2 heterocycles. The molecular weight excluding hydrogens is 408 g/mol. The van der Waals surface area contributed by atoms with Crippen LogP contribution in [-0.2, 0) is 20.2 Å². The largest absolute Gasteiger partial charge is 0.497 e. The van der Waals surface area contributed by atoms with E-state index in [0.29, 0.717) is 17.9 Å². The van der Waals surface area contributed by atoms with E-state index in [1.165, 1.54) is 24.6 Å². The zero-order chi connectivity index (χ0) is 21.7. The Morgan fingerprint density at radius 2 is 1.63 bits per heavy atom. The van der Waals surface area contributed by atoms with Crippen molar-refractivity contribution in [3.8, 4) is 17.2 Å². The minimum Gasteiger partial charge on any atom is -0.497 e. The highest BCUT2D eigenvalue weighted by molar-refractivity contribution is 7.89. The zero-order valence-electron chi connectivity index (χ0n) is 17.3. The number of amides is 1. The summed E-state index contributed by atoms with van der Waals surface area (Å²) in [5.74, 6) is 1.16. The quantitative estimate of drug-likeness (QED) is 0.719. The Morgan fingerprint density at radius 3 is 2.30 bits per heavy atom. The van der Waals surface area contributed by atoms with E-state index in [1.807, 2.05) is 12.1 Å². The smallest absolute Gasteiger partial charge is 0.246 e. The van der Waals surface area contributed by atoms with Crippen LogP contribution in [0.4, 0.5) is 5.69 Å². The maximum atomic E-state index is 13.5. The Bertz CT molecular complexity index is 1120. The third-order valence-corrected chi connectivity index (χ3v) is 7.88. The van der Waals surface area contributed by atoms with Gasteiger partial charge in [0.2, 0.25) is 15.9 Å². The van der Waals surface area contributed by atoms with Gasteiger partial charge in [-0.3, -0.25) is 4.79 Å². The molecule has 160 valence electrons. The monoisotopic (exact) mass is 432 g/mol. The second-order valence-electron chi connectivity index (χ2n) is 7.43. The number of rotatable bonds is 5. The summed E-state index contributed by atoms with van der Waals surface area (Å²) in [6, 6.07) is 10.1. The molecule has 1 spiro atoms. The Balaban J connectivity index is 1.76. The van der Waals surface area contributed by atoms with E-state index in [4.69, 9.17) is 14.2 Å². The topological polar surface area (TPSA) is 85.4 Å². The van der Waals surface area contributed by atoms with Gasteiger partial charge in [-0.15, -0.1) is 0 Å². The van der Waals surface area contributed by atoms with Gasteiger partial charge in [-0.2, -0.15) is 4.31 Å². The second-order valence-corrected chi connectivity index (χ2v) is 9.34. The zero-order valence-corrected chi connectivity index (χ0v) is 18.2. The number of methoxy groups -OCH3 is 3. The van der Waals surface area contributed by atoms with Crippen LogP contribution < -0.4 is 19.1 Å². The normalized spacial score (nSPS) is 21.2. The highest BCUT2D eigenvalue weighted by atomic mass is 32.2. The summed E-state index contributed by atoms with van der Waals surface area (Å²) in [7, 11) is 2.26. The molecule has 1 fully saturated rings. The lowest BCUT2D eigenvalue weighted by molar-refractivity contribution is -0.122. The van der Waals surface area contributed by atoms with E-state index in [1.54, 1.807) is 37.3 Å². The van der Waals surface area contributed by atoms with E-state index in [0.717, 1.165) is 11.3 Å². The Morgan fingerprint density at radius 1 is 0.967 bits per heavy atom. The molecule has 0 bridgehead atoms. The van der Waals surface area contributed by atoms with E-state index in [-0.39, 0.29) is 29.6 Å². The summed E-state index contributed by atoms with van der Waals surface area (Å²) in [6.07, 6.45) is 0.391. The number of hydrogen-bond acceptors (Lipinski definition) is 6. The van der Waals surface area contributed by atoms with Crippen molar-refractivity contribution >= 4 is 21.6 Å². The van der Waals surface area contributed by atoms with Crippen LogP contribution >= 0.6 is 0 Å². The van der Waals surface area contributed by atoms with Gasteiger partial charge in [-0.05, 0) is 42.3 Å². The average molecular weight is 432 g/mol. The minimum atomic E-state index is -3.91. The lowest BCUT2D eigenvalue weighted by Gasteiger charge is -2.24. The summed E-state index contributed by atoms with van der Waals surface area (Å²) in [5, 5.41) is 0. The lowest BCUT2D eigenvalue weighted by atomic mass is 9.81. The molecule has 0 radical (unpaired) electrons. The van der Waals surface area contributed by atoms with Gasteiger partial charge < -0.3 is 19.1 Å². The van der Waals surface area contributed by atoms with E-state index in [9.17, 15) is 13.2 Å². The summed E-state index contributed by atoms with van der Waals surface area (Å²) in [6.45, 7) is 0.276. The maximum absolute atomic E-state index is 13.5. The molecule has 0 aliphatic carbocycles. The molecule has 1 amide bonds. The highest BCUT2D eigenvalue weighted by Crippen LogP contribution is 2.49. The number of sulfonamides is 1. The molecule has 30 heavy (non-hydrogen) atoms. The molecule has 0 aromatic heterocycles. The summed E-state index contributed by atoms with van der Waals surface area (Å²) in [5.41, 5.74) is 0.640. The van der Waals surface area contributed by atoms with Gasteiger partial charge in [0.25, 0.3) is 0 Å². The molecule has 2 aliphatic heterocycles. The van der Waals surface area contributed by atoms with E-state index >= 15 is 0 Å². The van der Waals surface area contributed by atoms with Gasteiger partial charge in [-0.1, -0.05) is 0 Å². The molecule has 1 saturated heterocycles. The lowest BCUT2D eigenvalue weighted by Crippen LogP contribution is -2.42. The van der Waals surface area contributed by atoms with E-state index in [2.05, 4.69) is 0 Å². The van der Waals surface area contributed by atoms with Gasteiger partial charge in [0, 0.05) is 31.9 Å². The van der Waals surface area contributed by atoms with Crippen LogP contribution in [0.2, 0.25) is 0 Å². The summed E-state index contributed by atoms with van der Waals surface area (Å²) in [4.78, 5) is 14.9. The summed E-state index contributed by atoms with van der Waals surface area (Å²) < 4.78 is 44.1. The number of hydrogen-bond donors (Lipinski definition) is 0. The molecule has 9 heteroatoms. The first-order valence-corrected chi connectivity index (χ1v) is 10.9. The van der Waals surface area contributed by atoms with Gasteiger partial charge >= 0.3 is 0 Å². The van der Waals surface area contributed by atoms with Crippen LogP contribution in [0, 0.1) is 0 Å². The fourth-order valence-electron chi connectivity index (χ4n) is 4.36. The standard InChI is InChI=1S/C21H24N2O6S/c1-22-17-7-5-14(27-2)11-16(17)21(20(22)24)9-10-23(13-21)30(25,26)19-12-15(28-3)6-8-18(19)29-4/h5-8,11-12H,9-10,13H2,1-4H3/t21-/m1/s1. The Labute approximate surface area is 176 Å². The molecule has 0 saturated carbocycles. The second kappa shape index (κ2) is 7.17. The average Bonchev–Trinajstić information content (AvgIpc) is 3.31. The molecule has 2 aromatic carbocycles. The predicted octanol–water partition coefficient (Wildman–Crippen LogP) is 2.02. The van der Waals surface area contributed by atoms with Crippen molar-refractivity contribution in [1.82, 2.24) is 4.31 Å². The molecule has 2 aliphatic rings. The van der Waals surface area contributed by atoms with Gasteiger partial charge in [-0.25, -0.2) is 8.42 Å². The van der Waals surface area contributed by atoms with Crippen LogP contribution in [0.3, 0.4) is 0 Å². The van der Waals surface area contributed by atoms with Crippen LogP contribution in [0.5, 0.6) is 17.2 Å². The Hall–Kier alpha value is -2.78. The summed E-state index contributed by atoms with van der Waals surface area (Å²) >= 11 is 0. The van der Waals surface area contributed by atoms with Crippen molar-refractivity contribution in [1.29, 1.82) is 0 Å². The maximum Gasteiger partial charge on any atom is 0.246 e. The first-order chi connectivity index (χ1) is 14.3. The SMILES string of the molecule is COc1ccc2c(c1)[C@]1(CCN(S(=O)(=O)c3cc(OC)ccc3OC)C1)C(=O)N2C. The van der Waals surface area contributed by atoms with Gasteiger partial charge in [0.05, 0.1) is 26.7 Å². The van der Waals surface area contributed by atoms with Crippen molar-refractivity contribution in [2.75, 3.05) is 46.4 Å².